The van der Waals surface area contributed by atoms with E-state index in [0.29, 0.717) is 12.2 Å². The van der Waals surface area contributed by atoms with Crippen LogP contribution in [-0.4, -0.2) is 17.1 Å². The molecule has 0 saturated heterocycles. The van der Waals surface area contributed by atoms with Crippen LogP contribution in [0.2, 0.25) is 0 Å². The summed E-state index contributed by atoms with van der Waals surface area (Å²) in [6.07, 6.45) is 4.72. The summed E-state index contributed by atoms with van der Waals surface area (Å²) in [4.78, 5) is 15.8. The summed E-state index contributed by atoms with van der Waals surface area (Å²) in [7, 11) is 0. The first kappa shape index (κ1) is 18.4. The number of hydrazone groups is 1. The highest BCUT2D eigenvalue weighted by atomic mass is 16.5. The summed E-state index contributed by atoms with van der Waals surface area (Å²) in [5, 5.41) is 6.41. The molecule has 0 unspecified atom stereocenters. The van der Waals surface area contributed by atoms with Crippen LogP contribution in [-0.2, 0) is 6.61 Å². The maximum absolute atomic E-state index is 11.9. The van der Waals surface area contributed by atoms with Crippen LogP contribution in [0.15, 0.2) is 96.4 Å². The van der Waals surface area contributed by atoms with Gasteiger partial charge in [-0.3, -0.25) is 9.78 Å². The number of fused-ring (bicyclic) bond motifs is 1. The Bertz CT molecular complexity index is 1140. The van der Waals surface area contributed by atoms with Crippen molar-refractivity contribution in [2.24, 2.45) is 5.10 Å². The fourth-order valence-corrected chi connectivity index (χ4v) is 2.88. The monoisotopic (exact) mass is 381 g/mol. The van der Waals surface area contributed by atoms with Gasteiger partial charge in [0.25, 0.3) is 5.91 Å². The topological polar surface area (TPSA) is 63.6 Å². The van der Waals surface area contributed by atoms with Gasteiger partial charge in [0.05, 0.1) is 6.21 Å². The summed E-state index contributed by atoms with van der Waals surface area (Å²) in [5.74, 6) is 0.495. The number of nitrogens with zero attached hydrogens (tertiary/aromatic N) is 2. The molecule has 4 aromatic rings. The van der Waals surface area contributed by atoms with Crippen molar-refractivity contribution in [3.8, 4) is 5.75 Å². The van der Waals surface area contributed by atoms with Gasteiger partial charge in [-0.15, -0.1) is 0 Å². The zero-order valence-electron chi connectivity index (χ0n) is 15.7. The molecule has 5 heteroatoms. The highest BCUT2D eigenvalue weighted by Crippen LogP contribution is 2.18. The molecule has 0 aliphatic carbocycles. The summed E-state index contributed by atoms with van der Waals surface area (Å²) in [6, 6.07) is 25.4. The standard InChI is InChI=1S/C24H19N3O2/c28-24(21-11-13-25-14-12-21)27-26-16-18-6-9-23(10-7-18)29-17-19-5-8-20-3-1-2-4-22(20)15-19/h1-16H,17H2,(H,27,28)/b26-16-. The molecule has 0 spiro atoms. The first-order valence-electron chi connectivity index (χ1n) is 9.22. The quantitative estimate of drug-likeness (QED) is 0.393. The Balaban J connectivity index is 1.32. The Kier molecular flexibility index (Phi) is 5.58. The largest absolute Gasteiger partial charge is 0.489 e. The zero-order chi connectivity index (χ0) is 19.9. The van der Waals surface area contributed by atoms with Crippen LogP contribution in [0.3, 0.4) is 0 Å². The van der Waals surface area contributed by atoms with Gasteiger partial charge in [-0.1, -0.05) is 36.4 Å². The Labute approximate surface area is 168 Å². The highest BCUT2D eigenvalue weighted by molar-refractivity contribution is 5.94. The van der Waals surface area contributed by atoms with E-state index < -0.39 is 0 Å². The average Bonchev–Trinajstić information content (AvgIpc) is 2.79. The summed E-state index contributed by atoms with van der Waals surface area (Å²) in [5.41, 5.74) is 4.98. The number of carbonyl (C=O) groups excluding carboxylic acids is 1. The predicted molar refractivity (Wildman–Crippen MR) is 114 cm³/mol. The van der Waals surface area contributed by atoms with Crippen LogP contribution in [0, 0.1) is 0 Å². The lowest BCUT2D eigenvalue weighted by Gasteiger charge is -2.07. The van der Waals surface area contributed by atoms with E-state index >= 15 is 0 Å². The van der Waals surface area contributed by atoms with Crippen LogP contribution in [0.5, 0.6) is 5.75 Å². The lowest BCUT2D eigenvalue weighted by Crippen LogP contribution is -2.17. The lowest BCUT2D eigenvalue weighted by atomic mass is 10.1. The molecule has 5 nitrogen and oxygen atoms in total. The third-order valence-electron chi connectivity index (χ3n) is 4.42. The second kappa shape index (κ2) is 8.80. The minimum absolute atomic E-state index is 0.279. The van der Waals surface area contributed by atoms with Crippen molar-refractivity contribution in [2.75, 3.05) is 0 Å². The number of benzene rings is 3. The van der Waals surface area contributed by atoms with Gasteiger partial charge in [-0.2, -0.15) is 5.10 Å². The van der Waals surface area contributed by atoms with Crippen molar-refractivity contribution in [2.45, 2.75) is 6.61 Å². The van der Waals surface area contributed by atoms with Gasteiger partial charge >= 0.3 is 0 Å². The van der Waals surface area contributed by atoms with E-state index in [1.54, 1.807) is 30.7 Å². The molecule has 0 aliphatic rings. The fraction of sp³-hybridized carbons (Fsp3) is 0.0417. The van der Waals surface area contributed by atoms with Crippen molar-refractivity contribution >= 4 is 22.9 Å². The molecule has 1 aromatic heterocycles. The Morgan fingerprint density at radius 1 is 0.931 bits per heavy atom. The van der Waals surface area contributed by atoms with Crippen molar-refractivity contribution in [3.63, 3.8) is 0 Å². The van der Waals surface area contributed by atoms with Gasteiger partial charge in [0.15, 0.2) is 0 Å². The van der Waals surface area contributed by atoms with Gasteiger partial charge < -0.3 is 4.74 Å². The van der Waals surface area contributed by atoms with E-state index in [9.17, 15) is 4.79 Å². The molecular weight excluding hydrogens is 362 g/mol. The number of rotatable bonds is 6. The minimum atomic E-state index is -0.279. The first-order valence-corrected chi connectivity index (χ1v) is 9.22. The van der Waals surface area contributed by atoms with E-state index in [4.69, 9.17) is 4.74 Å². The number of nitrogens with one attached hydrogen (secondary N) is 1. The summed E-state index contributed by atoms with van der Waals surface area (Å²) < 4.78 is 5.88. The van der Waals surface area contributed by atoms with E-state index in [-0.39, 0.29) is 5.91 Å². The number of hydrogen-bond acceptors (Lipinski definition) is 4. The predicted octanol–water partition coefficient (Wildman–Crippen LogP) is 4.58. The number of ether oxygens (including phenoxy) is 1. The van der Waals surface area contributed by atoms with Crippen molar-refractivity contribution in [1.29, 1.82) is 0 Å². The second-order valence-corrected chi connectivity index (χ2v) is 6.47. The zero-order valence-corrected chi connectivity index (χ0v) is 15.7. The Morgan fingerprint density at radius 3 is 2.48 bits per heavy atom. The van der Waals surface area contributed by atoms with Gasteiger partial charge in [-0.05, 0) is 64.4 Å². The number of pyridine rings is 1. The van der Waals surface area contributed by atoms with Gasteiger partial charge in [0.2, 0.25) is 0 Å². The third-order valence-corrected chi connectivity index (χ3v) is 4.42. The SMILES string of the molecule is O=C(N/N=C\c1ccc(OCc2ccc3ccccc3c2)cc1)c1ccncc1. The Morgan fingerprint density at radius 2 is 1.69 bits per heavy atom. The molecule has 0 atom stereocenters. The molecule has 0 bridgehead atoms. The number of amides is 1. The number of carbonyl (C=O) groups is 1. The van der Waals surface area contributed by atoms with E-state index in [1.807, 2.05) is 36.4 Å². The molecule has 1 amide bonds. The van der Waals surface area contributed by atoms with Gasteiger partial charge in [0.1, 0.15) is 12.4 Å². The molecular formula is C24H19N3O2. The number of hydrogen-bond donors (Lipinski definition) is 1. The molecule has 29 heavy (non-hydrogen) atoms. The van der Waals surface area contributed by atoms with E-state index in [0.717, 1.165) is 16.9 Å². The third kappa shape index (κ3) is 4.84. The molecule has 3 aromatic carbocycles. The van der Waals surface area contributed by atoms with Crippen LogP contribution in [0.25, 0.3) is 10.8 Å². The summed E-state index contributed by atoms with van der Waals surface area (Å²) >= 11 is 0. The number of aromatic nitrogens is 1. The molecule has 0 fully saturated rings. The average molecular weight is 381 g/mol. The lowest BCUT2D eigenvalue weighted by molar-refractivity contribution is 0.0955. The molecule has 1 N–H and O–H groups in total. The van der Waals surface area contributed by atoms with Crippen LogP contribution in [0.1, 0.15) is 21.5 Å². The molecule has 0 aliphatic heterocycles. The molecule has 142 valence electrons. The van der Waals surface area contributed by atoms with Crippen molar-refractivity contribution in [3.05, 3.63) is 108 Å². The first-order chi connectivity index (χ1) is 14.3. The maximum atomic E-state index is 11.9. The van der Waals surface area contributed by atoms with Crippen LogP contribution in [0.4, 0.5) is 0 Å². The Hall–Kier alpha value is -3.99. The highest BCUT2D eigenvalue weighted by Gasteiger charge is 2.02. The summed E-state index contributed by atoms with van der Waals surface area (Å²) in [6.45, 7) is 0.500. The molecule has 4 rings (SSSR count). The van der Waals surface area contributed by atoms with Crippen LogP contribution < -0.4 is 10.2 Å². The smallest absolute Gasteiger partial charge is 0.271 e. The van der Waals surface area contributed by atoms with Crippen molar-refractivity contribution in [1.82, 2.24) is 10.4 Å². The van der Waals surface area contributed by atoms with Gasteiger partial charge in [0, 0.05) is 18.0 Å². The molecule has 0 saturated carbocycles. The molecule has 1 heterocycles. The second-order valence-electron chi connectivity index (χ2n) is 6.47. The van der Waals surface area contributed by atoms with Crippen molar-refractivity contribution < 1.29 is 9.53 Å². The minimum Gasteiger partial charge on any atom is -0.489 e. The van der Waals surface area contributed by atoms with Crippen LogP contribution >= 0.6 is 0 Å². The van der Waals surface area contributed by atoms with Gasteiger partial charge in [-0.25, -0.2) is 5.43 Å². The van der Waals surface area contributed by atoms with E-state index in [1.165, 1.54) is 10.8 Å². The van der Waals surface area contributed by atoms with E-state index in [2.05, 4.69) is 45.8 Å². The normalized spacial score (nSPS) is 10.9. The fourth-order valence-electron chi connectivity index (χ4n) is 2.88. The maximum Gasteiger partial charge on any atom is 0.271 e. The molecule has 0 radical (unpaired) electrons.